The molecule has 5 rings (SSSR count). The molecule has 0 bridgehead atoms. The molecule has 1 aromatic carbocycles. The van der Waals surface area contributed by atoms with Gasteiger partial charge in [-0.1, -0.05) is 176 Å². The largest absolute Gasteiger partial charge is 0.512 e. The van der Waals surface area contributed by atoms with Crippen molar-refractivity contribution in [1.82, 2.24) is 0 Å². The minimum absolute atomic E-state index is 0. The maximum atomic E-state index is 11.4. The van der Waals surface area contributed by atoms with Crippen LogP contribution in [0.2, 0.25) is 0 Å². The normalized spacial score (nSPS) is 16.8. The Balaban J connectivity index is -0.000000260. The predicted octanol–water partition coefficient (Wildman–Crippen LogP) is 15.2. The quantitative estimate of drug-likeness (QED) is 0.0742. The van der Waals surface area contributed by atoms with Gasteiger partial charge >= 0.3 is 0 Å². The number of aliphatic hydroxyl groups is 5. The number of aliphatic hydroxyl groups excluding tert-OH is 5. The first-order valence-electron chi connectivity index (χ1n) is 26.0. The van der Waals surface area contributed by atoms with Crippen LogP contribution in [-0.4, -0.2) is 54.4 Å². The molecule has 0 aliphatic heterocycles. The van der Waals surface area contributed by atoms with E-state index in [0.717, 1.165) is 25.7 Å². The van der Waals surface area contributed by atoms with Gasteiger partial charge in [0.25, 0.3) is 0 Å². The van der Waals surface area contributed by atoms with Gasteiger partial charge in [0, 0.05) is 192 Å². The number of carbonyl (C=O) groups excluding carboxylic acids is 5. The van der Waals surface area contributed by atoms with E-state index < -0.39 is 0 Å². The monoisotopic (exact) mass is 1910 g/mol. The van der Waals surface area contributed by atoms with Gasteiger partial charge in [0.1, 0.15) is 5.76 Å². The van der Waals surface area contributed by atoms with Crippen LogP contribution in [0.1, 0.15) is 202 Å². The third-order valence-electron chi connectivity index (χ3n) is 13.0. The molecule has 4 aliphatic rings. The SMILES string of the molecule is CC(C)C(=O)C=C(O)C1CCCC1.CC(C)C(=O)C=C(O)C1CCCCC1.CC(C)C(=O)C=C(O)c1ccccc1.CCC(=O)C=C(O)CC1CCCC1.CCC(=O)C=C(O)CC1CCCCC1.[Ir].[Ir].[Ir].[Ir].[Ir]. The summed E-state index contributed by atoms with van der Waals surface area (Å²) in [5.74, 6) is 2.86. The van der Waals surface area contributed by atoms with E-state index in [1.165, 1.54) is 120 Å². The van der Waals surface area contributed by atoms with Crippen LogP contribution in [0.5, 0.6) is 0 Å². The van der Waals surface area contributed by atoms with Gasteiger partial charge in [0.05, 0.1) is 23.0 Å². The van der Waals surface area contributed by atoms with Crippen molar-refractivity contribution >= 4 is 34.7 Å². The fraction of sp³-hybridized carbons (Fsp3) is 0.638. The third-order valence-corrected chi connectivity index (χ3v) is 13.0. The Morgan fingerprint density at radius 1 is 0.438 bits per heavy atom. The molecule has 427 valence electrons. The minimum atomic E-state index is -0.0825. The van der Waals surface area contributed by atoms with Gasteiger partial charge in [-0.15, -0.1) is 0 Å². The Morgan fingerprint density at radius 3 is 1.04 bits per heavy atom. The molecule has 4 saturated carbocycles. The number of carbonyl (C=O) groups is 5. The summed E-state index contributed by atoms with van der Waals surface area (Å²) < 4.78 is 0. The van der Waals surface area contributed by atoms with Gasteiger partial charge in [-0.05, 0) is 37.5 Å². The average Bonchev–Trinajstić information content (AvgIpc) is 4.06. The summed E-state index contributed by atoms with van der Waals surface area (Å²) in [6, 6.07) is 9.03. The van der Waals surface area contributed by atoms with E-state index in [2.05, 4.69) is 0 Å². The Bertz CT molecular complexity index is 1810. The summed E-state index contributed by atoms with van der Waals surface area (Å²) in [4.78, 5) is 55.9. The number of ketones is 5. The zero-order valence-corrected chi connectivity index (χ0v) is 56.8. The molecule has 4 aliphatic carbocycles. The Kier molecular flexibility index (Phi) is 52.5. The first-order valence-corrected chi connectivity index (χ1v) is 26.0. The van der Waals surface area contributed by atoms with Crippen LogP contribution in [0.25, 0.3) is 5.76 Å². The molecule has 0 aromatic heterocycles. The van der Waals surface area contributed by atoms with Crippen molar-refractivity contribution < 1.29 is 150 Å². The molecule has 73 heavy (non-hydrogen) atoms. The summed E-state index contributed by atoms with van der Waals surface area (Å²) in [6.07, 6.45) is 30.7. The first kappa shape index (κ1) is 80.4. The molecule has 0 heterocycles. The van der Waals surface area contributed by atoms with Crippen LogP contribution in [0.3, 0.4) is 0 Å². The predicted molar refractivity (Wildman–Crippen MR) is 276 cm³/mol. The van der Waals surface area contributed by atoms with Gasteiger partial charge in [0.2, 0.25) is 0 Å². The Labute approximate surface area is 507 Å². The average molecular weight is 1910 g/mol. The van der Waals surface area contributed by atoms with Crippen LogP contribution in [0.15, 0.2) is 83.7 Å². The van der Waals surface area contributed by atoms with Gasteiger partial charge in [0.15, 0.2) is 28.9 Å². The molecular formula is C58H90Ir5O10. The number of hydrogen-bond donors (Lipinski definition) is 5. The first-order chi connectivity index (χ1) is 32.3. The summed E-state index contributed by atoms with van der Waals surface area (Å²) in [5, 5.41) is 47.9. The maximum Gasteiger partial charge on any atom is 0.161 e. The van der Waals surface area contributed by atoms with Crippen molar-refractivity contribution in [3.8, 4) is 0 Å². The van der Waals surface area contributed by atoms with Crippen molar-refractivity contribution in [2.24, 2.45) is 41.4 Å². The van der Waals surface area contributed by atoms with Gasteiger partial charge < -0.3 is 25.5 Å². The molecule has 0 amide bonds. The Morgan fingerprint density at radius 2 is 0.726 bits per heavy atom. The maximum absolute atomic E-state index is 11.4. The summed E-state index contributed by atoms with van der Waals surface area (Å²) in [5.41, 5.74) is 0.668. The molecule has 0 atom stereocenters. The van der Waals surface area contributed by atoms with Gasteiger partial charge in [-0.2, -0.15) is 0 Å². The van der Waals surface area contributed by atoms with Crippen LogP contribution >= 0.6 is 0 Å². The molecule has 4 fully saturated rings. The van der Waals surface area contributed by atoms with Crippen molar-refractivity contribution in [3.63, 3.8) is 0 Å². The number of allylic oxidation sites excluding steroid dienone is 9. The van der Waals surface area contributed by atoms with Crippen molar-refractivity contribution in [3.05, 3.63) is 89.3 Å². The van der Waals surface area contributed by atoms with E-state index in [4.69, 9.17) is 0 Å². The van der Waals surface area contributed by atoms with Crippen LogP contribution in [0.4, 0.5) is 0 Å². The molecule has 5 radical (unpaired) electrons. The van der Waals surface area contributed by atoms with E-state index in [-0.39, 0.29) is 176 Å². The zero-order chi connectivity index (χ0) is 51.0. The van der Waals surface area contributed by atoms with Crippen molar-refractivity contribution in [1.29, 1.82) is 0 Å². The summed E-state index contributed by atoms with van der Waals surface area (Å²) >= 11 is 0. The summed E-state index contributed by atoms with van der Waals surface area (Å²) in [6.45, 7) is 14.6. The van der Waals surface area contributed by atoms with Crippen LogP contribution in [-0.2, 0) is 124 Å². The number of benzene rings is 1. The molecule has 15 heteroatoms. The van der Waals surface area contributed by atoms with Crippen LogP contribution < -0.4 is 0 Å². The van der Waals surface area contributed by atoms with Gasteiger partial charge in [-0.25, -0.2) is 0 Å². The minimum Gasteiger partial charge on any atom is -0.512 e. The topological polar surface area (TPSA) is 186 Å². The van der Waals surface area contributed by atoms with E-state index in [0.29, 0.717) is 54.6 Å². The van der Waals surface area contributed by atoms with E-state index in [1.54, 1.807) is 26.0 Å². The second kappa shape index (κ2) is 47.7. The fourth-order valence-electron chi connectivity index (χ4n) is 8.37. The molecular weight excluding hydrogens is 1820 g/mol. The van der Waals surface area contributed by atoms with Crippen molar-refractivity contribution in [2.45, 2.75) is 197 Å². The van der Waals surface area contributed by atoms with Crippen LogP contribution in [0, 0.1) is 41.4 Å². The fourth-order valence-corrected chi connectivity index (χ4v) is 8.37. The number of hydrogen-bond acceptors (Lipinski definition) is 10. The third kappa shape index (κ3) is 38.7. The number of rotatable bonds is 17. The summed E-state index contributed by atoms with van der Waals surface area (Å²) in [7, 11) is 0. The smallest absolute Gasteiger partial charge is 0.161 e. The second-order valence-electron chi connectivity index (χ2n) is 20.0. The van der Waals surface area contributed by atoms with E-state index >= 15 is 0 Å². The molecule has 5 N–H and O–H groups in total. The standard InChI is InChI=1S/C12H20O2.C12H14O2.C12H20O2.2C11H18O2.5Ir/c2*1-9(2)11(13)8-12(14)10-6-4-3-5-7-10;1-2-11(13)9-12(14)8-10-6-4-3-5-7-10;1-8(2)10(12)7-11(13)9-5-3-4-6-9;1-2-10(12)8-11(13)7-9-5-3-4-6-9;;;;;/h8-10,14H,3-7H2,1-2H3;3-9,14H,1-2H3;9-10,14H,2-8H2,1H3;7-9,13H,3-6H2,1-2H3;8-9,13H,2-7H2,1H3;;;;;. The van der Waals surface area contributed by atoms with Crippen molar-refractivity contribution in [2.75, 3.05) is 0 Å². The Hall–Kier alpha value is -1.48. The molecule has 0 spiro atoms. The van der Waals surface area contributed by atoms with E-state index in [9.17, 15) is 49.5 Å². The molecule has 10 nitrogen and oxygen atoms in total. The molecule has 0 unspecified atom stereocenters. The zero-order valence-electron chi connectivity index (χ0n) is 44.8. The molecule has 1 aromatic rings. The van der Waals surface area contributed by atoms with E-state index in [1.807, 2.05) is 59.7 Å². The molecule has 0 saturated heterocycles. The second-order valence-corrected chi connectivity index (χ2v) is 20.0. The van der Waals surface area contributed by atoms with Gasteiger partial charge in [-0.3, -0.25) is 24.0 Å².